The highest BCUT2D eigenvalue weighted by atomic mass is 35.5. The second kappa shape index (κ2) is 4.76. The van der Waals surface area contributed by atoms with Crippen LogP contribution in [0.2, 0.25) is 5.02 Å². The zero-order chi connectivity index (χ0) is 13.5. The lowest BCUT2D eigenvalue weighted by atomic mass is 9.87. The molecule has 0 atom stereocenters. The summed E-state index contributed by atoms with van der Waals surface area (Å²) >= 11 is 6.29. The average molecular weight is 284 g/mol. The van der Waals surface area contributed by atoms with Gasteiger partial charge in [-0.3, -0.25) is 0 Å². The molecule has 5 heteroatoms. The van der Waals surface area contributed by atoms with Crippen LogP contribution in [-0.2, 0) is 5.54 Å². The molecule has 1 heterocycles. The molecule has 0 bridgehead atoms. The summed E-state index contributed by atoms with van der Waals surface area (Å²) in [6.45, 7) is 1.06. The lowest BCUT2D eigenvalue weighted by Gasteiger charge is -2.31. The molecule has 2 N–H and O–H groups in total. The molecule has 3 rings (SSSR count). The van der Waals surface area contributed by atoms with Gasteiger partial charge in [0, 0.05) is 11.6 Å². The lowest BCUT2D eigenvalue weighted by Crippen LogP contribution is -2.35. The van der Waals surface area contributed by atoms with E-state index in [1.807, 2.05) is 0 Å². The van der Waals surface area contributed by atoms with E-state index >= 15 is 0 Å². The predicted octanol–water partition coefficient (Wildman–Crippen LogP) is 2.85. The third kappa shape index (κ3) is 2.03. The predicted molar refractivity (Wildman–Crippen MR) is 73.3 cm³/mol. The largest absolute Gasteiger partial charge is 0.495 e. The van der Waals surface area contributed by atoms with Gasteiger partial charge in [-0.1, -0.05) is 24.4 Å². The summed E-state index contributed by atoms with van der Waals surface area (Å²) in [5, 5.41) is 0.526. The van der Waals surface area contributed by atoms with Gasteiger partial charge < -0.3 is 19.9 Å². The summed E-state index contributed by atoms with van der Waals surface area (Å²) in [6, 6.07) is 1.75. The molecule has 0 amide bonds. The first kappa shape index (κ1) is 12.9. The van der Waals surface area contributed by atoms with E-state index in [0.717, 1.165) is 31.2 Å². The molecule has 1 fully saturated rings. The Balaban J connectivity index is 2.21. The number of hydrogen-bond donors (Lipinski definition) is 1. The van der Waals surface area contributed by atoms with Gasteiger partial charge in [-0.15, -0.1) is 0 Å². The van der Waals surface area contributed by atoms with Gasteiger partial charge in [0.2, 0.25) is 0 Å². The minimum atomic E-state index is -0.430. The number of ether oxygens (including phenoxy) is 3. The highest BCUT2D eigenvalue weighted by Crippen LogP contribution is 2.52. The van der Waals surface area contributed by atoms with Crippen LogP contribution in [0.15, 0.2) is 6.07 Å². The first-order valence-corrected chi connectivity index (χ1v) is 6.99. The van der Waals surface area contributed by atoms with Crippen LogP contribution in [0.25, 0.3) is 0 Å². The number of fused-ring (bicyclic) bond motifs is 1. The molecule has 0 saturated heterocycles. The van der Waals surface area contributed by atoms with Gasteiger partial charge in [0.15, 0.2) is 11.5 Å². The van der Waals surface area contributed by atoms with Crippen molar-refractivity contribution in [1.29, 1.82) is 0 Å². The maximum absolute atomic E-state index is 6.58. The van der Waals surface area contributed by atoms with Crippen molar-refractivity contribution in [2.24, 2.45) is 5.73 Å². The zero-order valence-corrected chi connectivity index (χ0v) is 11.8. The fourth-order valence-electron chi connectivity index (χ4n) is 3.05. The Morgan fingerprint density at radius 2 is 1.95 bits per heavy atom. The molecule has 1 aliphatic carbocycles. The second-order valence-electron chi connectivity index (χ2n) is 5.15. The van der Waals surface area contributed by atoms with Crippen LogP contribution in [0.1, 0.15) is 31.2 Å². The molecule has 0 unspecified atom stereocenters. The van der Waals surface area contributed by atoms with Crippen molar-refractivity contribution in [3.8, 4) is 17.2 Å². The first-order valence-electron chi connectivity index (χ1n) is 6.61. The van der Waals surface area contributed by atoms with Crippen LogP contribution in [0.4, 0.5) is 0 Å². The summed E-state index contributed by atoms with van der Waals surface area (Å²) in [6.07, 6.45) is 4.06. The van der Waals surface area contributed by atoms with Crippen LogP contribution in [-0.4, -0.2) is 20.3 Å². The van der Waals surface area contributed by atoms with Crippen molar-refractivity contribution in [2.45, 2.75) is 31.2 Å². The fourth-order valence-corrected chi connectivity index (χ4v) is 3.32. The summed E-state index contributed by atoms with van der Waals surface area (Å²) in [4.78, 5) is 0. The lowest BCUT2D eigenvalue weighted by molar-refractivity contribution is 0.165. The van der Waals surface area contributed by atoms with Gasteiger partial charge in [-0.2, -0.15) is 0 Å². The Hall–Kier alpha value is -1.13. The number of benzene rings is 1. The number of rotatable bonds is 2. The molecular weight excluding hydrogens is 266 g/mol. The van der Waals surface area contributed by atoms with Crippen LogP contribution in [0.3, 0.4) is 0 Å². The summed E-state index contributed by atoms with van der Waals surface area (Å²) in [5.74, 6) is 2.00. The molecule has 1 saturated carbocycles. The molecule has 0 spiro atoms. The molecule has 2 aliphatic rings. The Morgan fingerprint density at radius 3 is 2.63 bits per heavy atom. The van der Waals surface area contributed by atoms with Crippen molar-refractivity contribution in [3.05, 3.63) is 16.7 Å². The number of hydrogen-bond acceptors (Lipinski definition) is 4. The van der Waals surface area contributed by atoms with Gasteiger partial charge in [-0.25, -0.2) is 0 Å². The summed E-state index contributed by atoms with van der Waals surface area (Å²) in [5.41, 5.74) is 7.02. The van der Waals surface area contributed by atoms with Crippen LogP contribution in [0.5, 0.6) is 17.2 Å². The minimum Gasteiger partial charge on any atom is -0.495 e. The zero-order valence-electron chi connectivity index (χ0n) is 11.0. The van der Waals surface area contributed by atoms with Crippen molar-refractivity contribution in [1.82, 2.24) is 0 Å². The minimum absolute atomic E-state index is 0.430. The van der Waals surface area contributed by atoms with E-state index in [4.69, 9.17) is 31.5 Å². The molecule has 1 aromatic rings. The highest BCUT2D eigenvalue weighted by molar-refractivity contribution is 6.32. The molecule has 4 nitrogen and oxygen atoms in total. The number of halogens is 1. The SMILES string of the molecule is COc1c(Cl)cc2c(c1C1(N)CCCC1)OCCO2. The van der Waals surface area contributed by atoms with Crippen molar-refractivity contribution in [2.75, 3.05) is 20.3 Å². The van der Waals surface area contributed by atoms with Crippen LogP contribution in [0, 0.1) is 0 Å². The summed E-state index contributed by atoms with van der Waals surface area (Å²) in [7, 11) is 1.61. The maximum Gasteiger partial charge on any atom is 0.170 e. The highest BCUT2D eigenvalue weighted by Gasteiger charge is 2.39. The topological polar surface area (TPSA) is 53.7 Å². The monoisotopic (exact) mass is 283 g/mol. The summed E-state index contributed by atoms with van der Waals surface area (Å²) < 4.78 is 16.9. The standard InChI is InChI=1S/C14H18ClNO3/c1-17-12-9(15)8-10-13(19-7-6-18-10)11(12)14(16)4-2-3-5-14/h8H,2-7,16H2,1H3. The first-order chi connectivity index (χ1) is 9.15. The smallest absolute Gasteiger partial charge is 0.170 e. The molecule has 0 aromatic heterocycles. The van der Waals surface area contributed by atoms with E-state index in [1.165, 1.54) is 0 Å². The molecule has 1 aliphatic heterocycles. The molecular formula is C14H18ClNO3. The second-order valence-corrected chi connectivity index (χ2v) is 5.56. The molecule has 104 valence electrons. The molecule has 1 aromatic carbocycles. The number of nitrogens with two attached hydrogens (primary N) is 1. The van der Waals surface area contributed by atoms with Gasteiger partial charge in [0.25, 0.3) is 0 Å². The average Bonchev–Trinajstić information content (AvgIpc) is 2.85. The number of methoxy groups -OCH3 is 1. The van der Waals surface area contributed by atoms with Crippen molar-refractivity contribution >= 4 is 11.6 Å². The maximum atomic E-state index is 6.58. The Bertz CT molecular complexity index is 498. The van der Waals surface area contributed by atoms with Crippen molar-refractivity contribution < 1.29 is 14.2 Å². The van der Waals surface area contributed by atoms with E-state index in [0.29, 0.717) is 35.5 Å². The van der Waals surface area contributed by atoms with E-state index in [1.54, 1.807) is 13.2 Å². The molecule has 0 radical (unpaired) electrons. The van der Waals surface area contributed by atoms with E-state index in [9.17, 15) is 0 Å². The fraction of sp³-hybridized carbons (Fsp3) is 0.571. The third-order valence-electron chi connectivity index (χ3n) is 3.94. The van der Waals surface area contributed by atoms with E-state index < -0.39 is 5.54 Å². The normalized spacial score (nSPS) is 20.4. The Kier molecular flexibility index (Phi) is 3.23. The Labute approximate surface area is 117 Å². The van der Waals surface area contributed by atoms with Gasteiger partial charge in [0.05, 0.1) is 17.7 Å². The van der Waals surface area contributed by atoms with Crippen molar-refractivity contribution in [3.63, 3.8) is 0 Å². The van der Waals surface area contributed by atoms with Gasteiger partial charge in [-0.05, 0) is 12.8 Å². The molecule has 19 heavy (non-hydrogen) atoms. The van der Waals surface area contributed by atoms with E-state index in [-0.39, 0.29) is 0 Å². The third-order valence-corrected chi connectivity index (χ3v) is 4.22. The van der Waals surface area contributed by atoms with Gasteiger partial charge in [0.1, 0.15) is 19.0 Å². The van der Waals surface area contributed by atoms with Crippen LogP contribution >= 0.6 is 11.6 Å². The van der Waals surface area contributed by atoms with E-state index in [2.05, 4.69) is 0 Å². The quantitative estimate of drug-likeness (QED) is 0.907. The Morgan fingerprint density at radius 1 is 1.26 bits per heavy atom. The van der Waals surface area contributed by atoms with Gasteiger partial charge >= 0.3 is 0 Å². The van der Waals surface area contributed by atoms with Crippen LogP contribution < -0.4 is 19.9 Å².